The third kappa shape index (κ3) is 5.17. The number of aryl methyl sites for hydroxylation is 1. The van der Waals surface area contributed by atoms with Gasteiger partial charge in [0.1, 0.15) is 0 Å². The summed E-state index contributed by atoms with van der Waals surface area (Å²) in [6.45, 7) is 5.36. The minimum atomic E-state index is 0.146. The number of nitrogens with two attached hydrogens (primary N) is 1. The zero-order chi connectivity index (χ0) is 13.5. The van der Waals surface area contributed by atoms with Gasteiger partial charge in [0.2, 0.25) is 0 Å². The van der Waals surface area contributed by atoms with Crippen molar-refractivity contribution in [2.75, 3.05) is 40.8 Å². The highest BCUT2D eigenvalue weighted by molar-refractivity contribution is 5.28. The van der Waals surface area contributed by atoms with Crippen LogP contribution in [0.25, 0.3) is 0 Å². The summed E-state index contributed by atoms with van der Waals surface area (Å²) in [5.74, 6) is 0. The quantitative estimate of drug-likeness (QED) is 0.801. The van der Waals surface area contributed by atoms with Crippen molar-refractivity contribution < 1.29 is 0 Å². The van der Waals surface area contributed by atoms with Gasteiger partial charge in [-0.3, -0.25) is 0 Å². The largest absolute Gasteiger partial charge is 0.324 e. The molecule has 1 rings (SSSR count). The van der Waals surface area contributed by atoms with Crippen molar-refractivity contribution in [1.82, 2.24) is 9.80 Å². The molecule has 18 heavy (non-hydrogen) atoms. The van der Waals surface area contributed by atoms with E-state index >= 15 is 0 Å². The first-order valence-electron chi connectivity index (χ1n) is 6.65. The molecule has 0 saturated heterocycles. The summed E-state index contributed by atoms with van der Waals surface area (Å²) in [6, 6.07) is 8.55. The van der Waals surface area contributed by atoms with Crippen molar-refractivity contribution >= 4 is 0 Å². The van der Waals surface area contributed by atoms with Crippen LogP contribution in [0, 0.1) is 6.92 Å². The molecule has 1 unspecified atom stereocenters. The normalized spacial score (nSPS) is 13.3. The number of hydrogen-bond acceptors (Lipinski definition) is 3. The molecule has 0 aliphatic carbocycles. The Morgan fingerprint density at radius 3 is 2.33 bits per heavy atom. The Balaban J connectivity index is 2.37. The van der Waals surface area contributed by atoms with Gasteiger partial charge in [-0.1, -0.05) is 24.3 Å². The van der Waals surface area contributed by atoms with Gasteiger partial charge < -0.3 is 15.5 Å². The fraction of sp³-hybridized carbons (Fsp3) is 0.600. The van der Waals surface area contributed by atoms with Gasteiger partial charge in [0.05, 0.1) is 0 Å². The molecule has 2 N–H and O–H groups in total. The Bertz CT molecular complexity index is 349. The lowest BCUT2D eigenvalue weighted by molar-refractivity contribution is 0.274. The van der Waals surface area contributed by atoms with Gasteiger partial charge in [-0.2, -0.15) is 0 Å². The van der Waals surface area contributed by atoms with Crippen LogP contribution in [0.1, 0.15) is 23.6 Å². The lowest BCUT2D eigenvalue weighted by atomic mass is 9.99. The van der Waals surface area contributed by atoms with Crippen molar-refractivity contribution in [1.29, 1.82) is 0 Å². The van der Waals surface area contributed by atoms with Crippen molar-refractivity contribution in [3.8, 4) is 0 Å². The zero-order valence-corrected chi connectivity index (χ0v) is 12.2. The lowest BCUT2D eigenvalue weighted by Crippen LogP contribution is -2.30. The SMILES string of the molecule is Cc1ccccc1C(N)CCN(C)CCN(C)C. The molecule has 0 fully saturated rings. The topological polar surface area (TPSA) is 32.5 Å². The second kappa shape index (κ2) is 7.52. The molecule has 1 aromatic carbocycles. The number of hydrogen-bond donors (Lipinski definition) is 1. The summed E-state index contributed by atoms with van der Waals surface area (Å²) in [5.41, 5.74) is 8.83. The molecule has 0 saturated carbocycles. The first-order chi connectivity index (χ1) is 8.50. The van der Waals surface area contributed by atoms with Crippen molar-refractivity contribution in [2.24, 2.45) is 5.73 Å². The van der Waals surface area contributed by atoms with Crippen LogP contribution in [-0.4, -0.2) is 50.6 Å². The maximum absolute atomic E-state index is 6.26. The maximum Gasteiger partial charge on any atom is 0.0309 e. The Morgan fingerprint density at radius 2 is 1.72 bits per heavy atom. The van der Waals surface area contributed by atoms with Crippen molar-refractivity contribution in [2.45, 2.75) is 19.4 Å². The predicted molar refractivity (Wildman–Crippen MR) is 78.8 cm³/mol. The molecule has 0 spiro atoms. The van der Waals surface area contributed by atoms with Crippen molar-refractivity contribution in [3.05, 3.63) is 35.4 Å². The number of likely N-dealkylation sites (N-methyl/N-ethyl adjacent to an activating group) is 2. The second-order valence-electron chi connectivity index (χ2n) is 5.36. The Morgan fingerprint density at radius 1 is 1.06 bits per heavy atom. The van der Waals surface area contributed by atoms with Gasteiger partial charge in [-0.15, -0.1) is 0 Å². The Hall–Kier alpha value is -0.900. The molecule has 0 bridgehead atoms. The standard InChI is InChI=1S/C15H27N3/c1-13-7-5-6-8-14(13)15(16)9-10-18(4)12-11-17(2)3/h5-8,15H,9-12,16H2,1-4H3. The third-order valence-corrected chi connectivity index (χ3v) is 3.34. The van der Waals surface area contributed by atoms with Gasteiger partial charge in [0.25, 0.3) is 0 Å². The van der Waals surface area contributed by atoms with E-state index in [0.717, 1.165) is 26.1 Å². The number of rotatable bonds is 7. The van der Waals surface area contributed by atoms with E-state index in [1.165, 1.54) is 11.1 Å². The maximum atomic E-state index is 6.26. The summed E-state index contributed by atoms with van der Waals surface area (Å²) in [7, 11) is 6.37. The first-order valence-corrected chi connectivity index (χ1v) is 6.65. The van der Waals surface area contributed by atoms with Gasteiger partial charge in [-0.25, -0.2) is 0 Å². The fourth-order valence-corrected chi connectivity index (χ4v) is 2.00. The molecule has 0 radical (unpaired) electrons. The van der Waals surface area contributed by atoms with Gasteiger partial charge in [0, 0.05) is 19.1 Å². The van der Waals surface area contributed by atoms with E-state index in [-0.39, 0.29) is 6.04 Å². The molecular formula is C15H27N3. The van der Waals surface area contributed by atoms with Crippen LogP contribution in [0.4, 0.5) is 0 Å². The molecule has 0 heterocycles. The summed E-state index contributed by atoms with van der Waals surface area (Å²) in [5, 5.41) is 0. The minimum absolute atomic E-state index is 0.146. The third-order valence-electron chi connectivity index (χ3n) is 3.34. The van der Waals surface area contributed by atoms with Crippen LogP contribution in [-0.2, 0) is 0 Å². The highest BCUT2D eigenvalue weighted by Gasteiger charge is 2.09. The molecule has 0 amide bonds. The molecule has 0 aromatic heterocycles. The van der Waals surface area contributed by atoms with Crippen LogP contribution in [0.5, 0.6) is 0 Å². The number of nitrogens with zero attached hydrogens (tertiary/aromatic N) is 2. The molecule has 0 aliphatic heterocycles. The van der Waals surface area contributed by atoms with Gasteiger partial charge in [-0.05, 0) is 52.2 Å². The summed E-state index contributed by atoms with van der Waals surface area (Å²) in [6.07, 6.45) is 1.01. The van der Waals surface area contributed by atoms with Crippen LogP contribution in [0.3, 0.4) is 0 Å². The highest BCUT2D eigenvalue weighted by atomic mass is 15.1. The molecular weight excluding hydrogens is 222 g/mol. The summed E-state index contributed by atoms with van der Waals surface area (Å²) in [4.78, 5) is 4.55. The number of benzene rings is 1. The average molecular weight is 249 g/mol. The van der Waals surface area contributed by atoms with E-state index in [4.69, 9.17) is 5.73 Å². The monoisotopic (exact) mass is 249 g/mol. The predicted octanol–water partition coefficient (Wildman–Crippen LogP) is 1.88. The smallest absolute Gasteiger partial charge is 0.0309 e. The van der Waals surface area contributed by atoms with E-state index < -0.39 is 0 Å². The van der Waals surface area contributed by atoms with E-state index in [9.17, 15) is 0 Å². The second-order valence-corrected chi connectivity index (χ2v) is 5.36. The van der Waals surface area contributed by atoms with E-state index in [2.05, 4.69) is 62.1 Å². The minimum Gasteiger partial charge on any atom is -0.324 e. The van der Waals surface area contributed by atoms with Crippen LogP contribution in [0.2, 0.25) is 0 Å². The fourth-order valence-electron chi connectivity index (χ4n) is 2.00. The molecule has 0 aliphatic rings. The lowest BCUT2D eigenvalue weighted by Gasteiger charge is -2.22. The van der Waals surface area contributed by atoms with E-state index in [0.29, 0.717) is 0 Å². The Labute approximate surface area is 112 Å². The molecule has 3 nitrogen and oxygen atoms in total. The van der Waals surface area contributed by atoms with Crippen LogP contribution in [0.15, 0.2) is 24.3 Å². The van der Waals surface area contributed by atoms with E-state index in [1.54, 1.807) is 0 Å². The molecule has 102 valence electrons. The first kappa shape index (κ1) is 15.2. The molecule has 1 atom stereocenters. The molecule has 3 heteroatoms. The Kier molecular flexibility index (Phi) is 6.33. The van der Waals surface area contributed by atoms with E-state index in [1.807, 2.05) is 0 Å². The van der Waals surface area contributed by atoms with Gasteiger partial charge >= 0.3 is 0 Å². The summed E-state index contributed by atoms with van der Waals surface area (Å²) >= 11 is 0. The van der Waals surface area contributed by atoms with Crippen LogP contribution < -0.4 is 5.73 Å². The molecule has 1 aromatic rings. The van der Waals surface area contributed by atoms with Gasteiger partial charge in [0.15, 0.2) is 0 Å². The summed E-state index contributed by atoms with van der Waals surface area (Å²) < 4.78 is 0. The average Bonchev–Trinajstić information content (AvgIpc) is 2.34. The van der Waals surface area contributed by atoms with Crippen molar-refractivity contribution in [3.63, 3.8) is 0 Å². The van der Waals surface area contributed by atoms with Crippen LogP contribution >= 0.6 is 0 Å². The zero-order valence-electron chi connectivity index (χ0n) is 12.2. The highest BCUT2D eigenvalue weighted by Crippen LogP contribution is 2.18.